The summed E-state index contributed by atoms with van der Waals surface area (Å²) < 4.78 is 5.24. The first-order valence-corrected chi connectivity index (χ1v) is 7.64. The van der Waals surface area contributed by atoms with Gasteiger partial charge in [-0.15, -0.1) is 0 Å². The van der Waals surface area contributed by atoms with E-state index in [1.165, 1.54) is 31.2 Å². The van der Waals surface area contributed by atoms with E-state index < -0.39 is 22.5 Å². The number of amides is 1. The van der Waals surface area contributed by atoms with Gasteiger partial charge in [-0.25, -0.2) is 4.79 Å². The van der Waals surface area contributed by atoms with Crippen molar-refractivity contribution in [2.24, 2.45) is 0 Å². The molecule has 2 N–H and O–H groups in total. The van der Waals surface area contributed by atoms with Gasteiger partial charge in [-0.1, -0.05) is 12.1 Å². The van der Waals surface area contributed by atoms with Crippen molar-refractivity contribution in [2.45, 2.75) is 13.0 Å². The van der Waals surface area contributed by atoms with E-state index >= 15 is 0 Å². The summed E-state index contributed by atoms with van der Waals surface area (Å²) in [6.07, 6.45) is 0. The molecule has 1 unspecified atom stereocenters. The molecule has 3 rings (SSSR count). The third-order valence-electron chi connectivity index (χ3n) is 3.89. The number of fused-ring (bicyclic) bond motifs is 1. The van der Waals surface area contributed by atoms with Gasteiger partial charge in [0.05, 0.1) is 16.4 Å². The Bertz CT molecular complexity index is 1060. The summed E-state index contributed by atoms with van der Waals surface area (Å²) in [5, 5.41) is 24.3. The average molecular weight is 354 g/mol. The first kappa shape index (κ1) is 17.2. The van der Waals surface area contributed by atoms with Crippen LogP contribution in [-0.4, -0.2) is 15.9 Å². The van der Waals surface area contributed by atoms with Crippen LogP contribution in [0.3, 0.4) is 0 Å². The van der Waals surface area contributed by atoms with Crippen molar-refractivity contribution in [3.63, 3.8) is 0 Å². The van der Waals surface area contributed by atoms with Crippen LogP contribution in [0.2, 0.25) is 0 Å². The Morgan fingerprint density at radius 1 is 1.19 bits per heavy atom. The van der Waals surface area contributed by atoms with Gasteiger partial charge in [0.1, 0.15) is 16.9 Å². The van der Waals surface area contributed by atoms with E-state index in [1.54, 1.807) is 24.3 Å². The standard InChI is InChI=1S/C18H14N2O6/c1-10(21)19-16(11-6-8-12(9-7-11)20(24)25)15-17(22)13-4-2-3-5-14(13)26-18(15)23/h2-9,16,22H,1H3,(H,19,21). The quantitative estimate of drug-likeness (QED) is 0.422. The number of hydrogen-bond acceptors (Lipinski definition) is 6. The van der Waals surface area contributed by atoms with Crippen molar-refractivity contribution in [3.8, 4) is 5.75 Å². The van der Waals surface area contributed by atoms with E-state index in [4.69, 9.17) is 4.42 Å². The summed E-state index contributed by atoms with van der Waals surface area (Å²) in [4.78, 5) is 34.3. The number of nitro groups is 1. The molecule has 0 fully saturated rings. The van der Waals surface area contributed by atoms with Crippen LogP contribution >= 0.6 is 0 Å². The number of nitrogens with zero attached hydrogens (tertiary/aromatic N) is 1. The number of non-ortho nitro benzene ring substituents is 1. The lowest BCUT2D eigenvalue weighted by molar-refractivity contribution is -0.384. The summed E-state index contributed by atoms with van der Waals surface area (Å²) in [7, 11) is 0. The summed E-state index contributed by atoms with van der Waals surface area (Å²) in [5.74, 6) is -0.755. The number of carbonyl (C=O) groups excluding carboxylic acids is 1. The minimum absolute atomic E-state index is 0.134. The smallest absolute Gasteiger partial charge is 0.345 e. The number of para-hydroxylation sites is 1. The van der Waals surface area contributed by atoms with Crippen LogP contribution in [0, 0.1) is 10.1 Å². The molecule has 0 aliphatic carbocycles. The Hall–Kier alpha value is -3.68. The van der Waals surface area contributed by atoms with Gasteiger partial charge in [0.2, 0.25) is 5.91 Å². The molecule has 0 aliphatic heterocycles. The number of hydrogen-bond donors (Lipinski definition) is 2. The Morgan fingerprint density at radius 3 is 2.46 bits per heavy atom. The van der Waals surface area contributed by atoms with Crippen LogP contribution < -0.4 is 10.9 Å². The number of aromatic hydroxyl groups is 1. The van der Waals surface area contributed by atoms with Gasteiger partial charge < -0.3 is 14.8 Å². The number of carbonyl (C=O) groups is 1. The van der Waals surface area contributed by atoms with Crippen LogP contribution in [0.4, 0.5) is 5.69 Å². The highest BCUT2D eigenvalue weighted by Gasteiger charge is 2.26. The molecule has 0 spiro atoms. The first-order valence-electron chi connectivity index (χ1n) is 7.64. The second kappa shape index (κ2) is 6.67. The summed E-state index contributed by atoms with van der Waals surface area (Å²) >= 11 is 0. The highest BCUT2D eigenvalue weighted by molar-refractivity contribution is 5.84. The van der Waals surface area contributed by atoms with Gasteiger partial charge in [-0.05, 0) is 29.8 Å². The normalized spacial score (nSPS) is 11.9. The minimum Gasteiger partial charge on any atom is -0.507 e. The maximum Gasteiger partial charge on any atom is 0.345 e. The second-order valence-electron chi connectivity index (χ2n) is 5.63. The fourth-order valence-corrected chi connectivity index (χ4v) is 2.72. The molecule has 0 aliphatic rings. The van der Waals surface area contributed by atoms with Gasteiger partial charge >= 0.3 is 5.63 Å². The van der Waals surface area contributed by atoms with Crippen molar-refractivity contribution in [3.05, 3.63) is 80.2 Å². The second-order valence-corrected chi connectivity index (χ2v) is 5.63. The molecule has 1 heterocycles. The highest BCUT2D eigenvalue weighted by Crippen LogP contribution is 2.33. The van der Waals surface area contributed by atoms with Gasteiger partial charge in [-0.2, -0.15) is 0 Å². The zero-order chi connectivity index (χ0) is 18.8. The molecule has 0 radical (unpaired) electrons. The van der Waals surface area contributed by atoms with Crippen LogP contribution in [0.1, 0.15) is 24.1 Å². The molecule has 1 amide bonds. The van der Waals surface area contributed by atoms with Gasteiger partial charge in [0.15, 0.2) is 0 Å². The van der Waals surface area contributed by atoms with Gasteiger partial charge in [0.25, 0.3) is 5.69 Å². The van der Waals surface area contributed by atoms with Crippen molar-refractivity contribution in [1.29, 1.82) is 0 Å². The molecule has 2 aromatic carbocycles. The van der Waals surface area contributed by atoms with Crippen LogP contribution in [0.25, 0.3) is 11.0 Å². The zero-order valence-electron chi connectivity index (χ0n) is 13.6. The first-order chi connectivity index (χ1) is 12.4. The third-order valence-corrected chi connectivity index (χ3v) is 3.89. The summed E-state index contributed by atoms with van der Waals surface area (Å²) in [6, 6.07) is 10.8. The molecule has 3 aromatic rings. The highest BCUT2D eigenvalue weighted by atomic mass is 16.6. The summed E-state index contributed by atoms with van der Waals surface area (Å²) in [5.41, 5.74) is -0.483. The molecule has 0 saturated heterocycles. The lowest BCUT2D eigenvalue weighted by atomic mass is 9.97. The molecule has 0 bridgehead atoms. The molecule has 1 atom stereocenters. The third kappa shape index (κ3) is 3.12. The lowest BCUT2D eigenvalue weighted by Crippen LogP contribution is -2.30. The number of benzene rings is 2. The van der Waals surface area contributed by atoms with E-state index in [9.17, 15) is 24.8 Å². The maximum atomic E-state index is 12.4. The molecular formula is C18H14N2O6. The lowest BCUT2D eigenvalue weighted by Gasteiger charge is -2.19. The van der Waals surface area contributed by atoms with Crippen molar-refractivity contribution in [1.82, 2.24) is 5.32 Å². The van der Waals surface area contributed by atoms with E-state index in [0.717, 1.165) is 0 Å². The number of nitrogens with one attached hydrogen (secondary N) is 1. The SMILES string of the molecule is CC(=O)NC(c1ccc([N+](=O)[O-])cc1)c1c(O)c2ccccc2oc1=O. The van der Waals surface area contributed by atoms with Gasteiger partial charge in [-0.3, -0.25) is 14.9 Å². The number of nitro benzene ring substituents is 1. The van der Waals surface area contributed by atoms with Crippen molar-refractivity contribution >= 4 is 22.6 Å². The zero-order valence-corrected chi connectivity index (χ0v) is 13.6. The van der Waals surface area contributed by atoms with E-state index in [-0.39, 0.29) is 22.6 Å². The van der Waals surface area contributed by atoms with Crippen LogP contribution in [0.15, 0.2) is 57.7 Å². The fraction of sp³-hybridized carbons (Fsp3) is 0.111. The van der Waals surface area contributed by atoms with E-state index in [0.29, 0.717) is 10.9 Å². The van der Waals surface area contributed by atoms with E-state index in [2.05, 4.69) is 5.32 Å². The average Bonchev–Trinajstić information content (AvgIpc) is 2.60. The maximum absolute atomic E-state index is 12.4. The Kier molecular flexibility index (Phi) is 4.40. The number of rotatable bonds is 4. The largest absolute Gasteiger partial charge is 0.507 e. The fourth-order valence-electron chi connectivity index (χ4n) is 2.72. The van der Waals surface area contributed by atoms with Crippen molar-refractivity contribution < 1.29 is 19.2 Å². The minimum atomic E-state index is -1.02. The van der Waals surface area contributed by atoms with Crippen molar-refractivity contribution in [2.75, 3.05) is 0 Å². The Labute approximate surface area is 146 Å². The Balaban J connectivity index is 2.20. The Morgan fingerprint density at radius 2 is 1.85 bits per heavy atom. The monoisotopic (exact) mass is 354 g/mol. The van der Waals surface area contributed by atoms with Crippen LogP contribution in [-0.2, 0) is 4.79 Å². The molecule has 26 heavy (non-hydrogen) atoms. The molecule has 8 nitrogen and oxygen atoms in total. The van der Waals surface area contributed by atoms with Gasteiger partial charge in [0, 0.05) is 19.1 Å². The van der Waals surface area contributed by atoms with Crippen LogP contribution in [0.5, 0.6) is 5.75 Å². The molecule has 8 heteroatoms. The summed E-state index contributed by atoms with van der Waals surface area (Å²) in [6.45, 7) is 1.26. The molecule has 0 saturated carbocycles. The predicted octanol–water partition coefficient (Wildman–Crippen LogP) is 2.63. The topological polar surface area (TPSA) is 123 Å². The molecule has 1 aromatic heterocycles. The predicted molar refractivity (Wildman–Crippen MR) is 92.9 cm³/mol. The van der Waals surface area contributed by atoms with E-state index in [1.807, 2.05) is 0 Å². The molecular weight excluding hydrogens is 340 g/mol. The molecule has 132 valence electrons.